The highest BCUT2D eigenvalue weighted by Gasteiger charge is 2.32. The first-order chi connectivity index (χ1) is 16.0. The van der Waals surface area contributed by atoms with Gasteiger partial charge in [0.2, 0.25) is 5.91 Å². The van der Waals surface area contributed by atoms with Gasteiger partial charge in [0.25, 0.3) is 0 Å². The van der Waals surface area contributed by atoms with E-state index in [1.165, 1.54) is 11.1 Å². The molecule has 1 saturated heterocycles. The zero-order valence-electron chi connectivity index (χ0n) is 19.7. The van der Waals surface area contributed by atoms with E-state index >= 15 is 0 Å². The molecule has 0 bridgehead atoms. The highest BCUT2D eigenvalue weighted by Crippen LogP contribution is 2.32. The van der Waals surface area contributed by atoms with Crippen molar-refractivity contribution >= 4 is 11.7 Å². The van der Waals surface area contributed by atoms with E-state index in [1.807, 2.05) is 18.7 Å². The lowest BCUT2D eigenvalue weighted by Crippen LogP contribution is -2.32. The van der Waals surface area contributed by atoms with Gasteiger partial charge in [-0.15, -0.1) is 0 Å². The zero-order chi connectivity index (χ0) is 22.9. The molecule has 2 aliphatic rings. The summed E-state index contributed by atoms with van der Waals surface area (Å²) in [5, 5.41) is 3.98. The maximum absolute atomic E-state index is 13.0. The molecule has 7 nitrogen and oxygen atoms in total. The third kappa shape index (κ3) is 4.36. The van der Waals surface area contributed by atoms with Crippen LogP contribution in [0.25, 0.3) is 0 Å². The molecule has 0 aliphatic carbocycles. The Kier molecular flexibility index (Phi) is 5.87. The van der Waals surface area contributed by atoms with Crippen LogP contribution in [0.2, 0.25) is 0 Å². The number of amides is 1. The van der Waals surface area contributed by atoms with Crippen LogP contribution < -0.4 is 4.90 Å². The van der Waals surface area contributed by atoms with Crippen LogP contribution in [0.5, 0.6) is 0 Å². The molecule has 1 aromatic carbocycles. The van der Waals surface area contributed by atoms with E-state index in [0.29, 0.717) is 13.0 Å². The van der Waals surface area contributed by atoms with Crippen LogP contribution in [0.4, 0.5) is 5.82 Å². The Morgan fingerprint density at radius 1 is 1.09 bits per heavy atom. The van der Waals surface area contributed by atoms with Crippen molar-refractivity contribution in [1.29, 1.82) is 0 Å². The summed E-state index contributed by atoms with van der Waals surface area (Å²) >= 11 is 0. The van der Waals surface area contributed by atoms with E-state index in [9.17, 15) is 4.79 Å². The molecule has 3 aromatic rings. The van der Waals surface area contributed by atoms with Gasteiger partial charge in [-0.3, -0.25) is 4.79 Å². The number of carbonyl (C=O) groups is 1. The van der Waals surface area contributed by atoms with Gasteiger partial charge >= 0.3 is 0 Å². The van der Waals surface area contributed by atoms with Crippen molar-refractivity contribution in [2.45, 2.75) is 58.9 Å². The van der Waals surface area contributed by atoms with Crippen molar-refractivity contribution in [2.75, 3.05) is 24.5 Å². The molecule has 0 unspecified atom stereocenters. The number of aromatic nitrogens is 3. The topological polar surface area (TPSA) is 75.4 Å². The third-order valence-corrected chi connectivity index (χ3v) is 7.00. The standard InChI is InChI=1S/C26H31N5O2/c1-17-22-10-7-12-31(15-20-8-5-4-6-9-20)26(22)28-25(27-17)21-11-13-30(16-21)24(32)14-23-18(2)29-33-19(23)3/h4-6,8-9,21H,7,10-16H2,1-3H3/t21-/m1/s1. The lowest BCUT2D eigenvalue weighted by atomic mass is 10.0. The second-order valence-corrected chi connectivity index (χ2v) is 9.28. The average Bonchev–Trinajstić information content (AvgIpc) is 3.43. The average molecular weight is 446 g/mol. The minimum absolute atomic E-state index is 0.118. The molecule has 0 saturated carbocycles. The lowest BCUT2D eigenvalue weighted by molar-refractivity contribution is -0.129. The highest BCUT2D eigenvalue weighted by molar-refractivity contribution is 5.79. The molecule has 2 aliphatic heterocycles. The Bertz CT molecular complexity index is 1140. The molecule has 0 N–H and O–H groups in total. The number of hydrogen-bond acceptors (Lipinski definition) is 6. The van der Waals surface area contributed by atoms with Gasteiger partial charge in [-0.2, -0.15) is 0 Å². The molecule has 172 valence electrons. The maximum atomic E-state index is 13.0. The molecule has 1 atom stereocenters. The van der Waals surface area contributed by atoms with Gasteiger partial charge in [-0.25, -0.2) is 9.97 Å². The number of anilines is 1. The van der Waals surface area contributed by atoms with Gasteiger partial charge in [-0.1, -0.05) is 35.5 Å². The van der Waals surface area contributed by atoms with Crippen molar-refractivity contribution in [3.63, 3.8) is 0 Å². The summed E-state index contributed by atoms with van der Waals surface area (Å²) in [7, 11) is 0. The molecule has 4 heterocycles. The number of rotatable bonds is 5. The molecule has 0 spiro atoms. The molecular formula is C26H31N5O2. The van der Waals surface area contributed by atoms with E-state index in [0.717, 1.165) is 73.3 Å². The monoisotopic (exact) mass is 445 g/mol. The second kappa shape index (κ2) is 8.96. The maximum Gasteiger partial charge on any atom is 0.227 e. The molecule has 33 heavy (non-hydrogen) atoms. The van der Waals surface area contributed by atoms with Crippen LogP contribution in [0.15, 0.2) is 34.9 Å². The Balaban J connectivity index is 1.33. The number of benzene rings is 1. The number of hydrogen-bond donors (Lipinski definition) is 0. The van der Waals surface area contributed by atoms with Gasteiger partial charge in [-0.05, 0) is 45.6 Å². The fourth-order valence-electron chi connectivity index (χ4n) is 5.06. The van der Waals surface area contributed by atoms with Crippen molar-refractivity contribution in [2.24, 2.45) is 0 Å². The molecule has 1 fully saturated rings. The van der Waals surface area contributed by atoms with Gasteiger partial charge in [0.05, 0.1) is 12.1 Å². The Hall–Kier alpha value is -3.22. The molecule has 5 rings (SSSR count). The van der Waals surface area contributed by atoms with E-state index < -0.39 is 0 Å². The Labute approximate surface area is 194 Å². The molecular weight excluding hydrogens is 414 g/mol. The predicted octanol–water partition coefficient (Wildman–Crippen LogP) is 3.90. The fourth-order valence-corrected chi connectivity index (χ4v) is 5.06. The number of carbonyl (C=O) groups excluding carboxylic acids is 1. The summed E-state index contributed by atoms with van der Waals surface area (Å²) in [6.07, 6.45) is 3.38. The summed E-state index contributed by atoms with van der Waals surface area (Å²) in [5.74, 6) is 2.96. The number of nitrogens with zero attached hydrogens (tertiary/aromatic N) is 5. The van der Waals surface area contributed by atoms with E-state index in [2.05, 4.69) is 47.3 Å². The number of likely N-dealkylation sites (tertiary alicyclic amines) is 1. The van der Waals surface area contributed by atoms with Crippen LogP contribution >= 0.6 is 0 Å². The molecule has 2 aromatic heterocycles. The smallest absolute Gasteiger partial charge is 0.227 e. The molecule has 1 amide bonds. The van der Waals surface area contributed by atoms with Crippen molar-refractivity contribution in [1.82, 2.24) is 20.0 Å². The summed E-state index contributed by atoms with van der Waals surface area (Å²) in [6, 6.07) is 10.6. The van der Waals surface area contributed by atoms with E-state index in [4.69, 9.17) is 14.5 Å². The SMILES string of the molecule is Cc1nc([C@@H]2CCN(C(=O)Cc3c(C)noc3C)C2)nc2c1CCCN2Cc1ccccc1. The Morgan fingerprint density at radius 3 is 2.67 bits per heavy atom. The second-order valence-electron chi connectivity index (χ2n) is 9.28. The van der Waals surface area contributed by atoms with Crippen LogP contribution in [-0.4, -0.2) is 45.6 Å². The van der Waals surface area contributed by atoms with Crippen LogP contribution in [-0.2, 0) is 24.2 Å². The summed E-state index contributed by atoms with van der Waals surface area (Å²) in [6.45, 7) is 9.11. The van der Waals surface area contributed by atoms with Crippen molar-refractivity contribution in [3.05, 3.63) is 70.0 Å². The normalized spacial score (nSPS) is 18.0. The largest absolute Gasteiger partial charge is 0.361 e. The lowest BCUT2D eigenvalue weighted by Gasteiger charge is -2.31. The van der Waals surface area contributed by atoms with Gasteiger partial charge < -0.3 is 14.3 Å². The van der Waals surface area contributed by atoms with Crippen LogP contribution in [0.3, 0.4) is 0 Å². The van der Waals surface area contributed by atoms with Gasteiger partial charge in [0.1, 0.15) is 17.4 Å². The minimum atomic E-state index is 0.118. The van der Waals surface area contributed by atoms with E-state index in [-0.39, 0.29) is 11.8 Å². The van der Waals surface area contributed by atoms with Crippen molar-refractivity contribution in [3.8, 4) is 0 Å². The first-order valence-electron chi connectivity index (χ1n) is 11.9. The minimum Gasteiger partial charge on any atom is -0.361 e. The number of aryl methyl sites for hydroxylation is 3. The Morgan fingerprint density at radius 2 is 1.91 bits per heavy atom. The van der Waals surface area contributed by atoms with Gasteiger partial charge in [0.15, 0.2) is 0 Å². The quantitative estimate of drug-likeness (QED) is 0.593. The van der Waals surface area contributed by atoms with Gasteiger partial charge in [0, 0.05) is 48.9 Å². The fraction of sp³-hybridized carbons (Fsp3) is 0.462. The first kappa shape index (κ1) is 21.6. The van der Waals surface area contributed by atoms with E-state index in [1.54, 1.807) is 0 Å². The van der Waals surface area contributed by atoms with Crippen LogP contribution in [0.1, 0.15) is 58.4 Å². The summed E-state index contributed by atoms with van der Waals surface area (Å²) in [4.78, 5) is 27.3. The number of fused-ring (bicyclic) bond motifs is 1. The highest BCUT2D eigenvalue weighted by atomic mass is 16.5. The van der Waals surface area contributed by atoms with Crippen molar-refractivity contribution < 1.29 is 9.32 Å². The van der Waals surface area contributed by atoms with Crippen LogP contribution in [0, 0.1) is 20.8 Å². The zero-order valence-corrected chi connectivity index (χ0v) is 19.7. The predicted molar refractivity (Wildman–Crippen MR) is 126 cm³/mol. The molecule has 0 radical (unpaired) electrons. The summed E-state index contributed by atoms with van der Waals surface area (Å²) < 4.78 is 5.22. The third-order valence-electron chi connectivity index (χ3n) is 7.00. The molecule has 7 heteroatoms. The first-order valence-corrected chi connectivity index (χ1v) is 11.9. The summed E-state index contributed by atoms with van der Waals surface area (Å²) in [5.41, 5.74) is 5.34.